The highest BCUT2D eigenvalue weighted by molar-refractivity contribution is 7.89. The van der Waals surface area contributed by atoms with Crippen LogP contribution in [0.2, 0.25) is 0 Å². The molecule has 0 saturated heterocycles. The summed E-state index contributed by atoms with van der Waals surface area (Å²) in [6.07, 6.45) is 1.50. The average Bonchev–Trinajstić information content (AvgIpc) is 2.88. The molecule has 2 heterocycles. The van der Waals surface area contributed by atoms with Crippen LogP contribution in [0.4, 0.5) is 5.82 Å². The third-order valence-corrected chi connectivity index (χ3v) is 4.90. The minimum absolute atomic E-state index is 0.00583. The van der Waals surface area contributed by atoms with Gasteiger partial charge in [-0.3, -0.25) is 4.68 Å². The summed E-state index contributed by atoms with van der Waals surface area (Å²) in [4.78, 5) is 0.0454. The lowest BCUT2D eigenvalue weighted by molar-refractivity contribution is 0.406. The van der Waals surface area contributed by atoms with Crippen LogP contribution in [0.1, 0.15) is 11.5 Å². The molecule has 0 aliphatic heterocycles. The fourth-order valence-corrected chi connectivity index (χ4v) is 3.22. The Bertz CT molecular complexity index is 673. The van der Waals surface area contributed by atoms with Crippen molar-refractivity contribution in [3.05, 3.63) is 29.9 Å². The molecule has 0 spiro atoms. The summed E-state index contributed by atoms with van der Waals surface area (Å²) in [6, 6.07) is 3.42. The van der Waals surface area contributed by atoms with Crippen LogP contribution >= 0.6 is 0 Å². The van der Waals surface area contributed by atoms with E-state index in [1.807, 2.05) is 0 Å². The van der Waals surface area contributed by atoms with Gasteiger partial charge >= 0.3 is 0 Å². The molecule has 2 rings (SSSR count). The van der Waals surface area contributed by atoms with Gasteiger partial charge in [0.25, 0.3) is 0 Å². The topological polar surface area (TPSA) is 94.4 Å². The van der Waals surface area contributed by atoms with Gasteiger partial charge in [0.1, 0.15) is 10.7 Å². The summed E-state index contributed by atoms with van der Waals surface area (Å²) < 4.78 is 32.7. The molecule has 0 amide bonds. The summed E-state index contributed by atoms with van der Waals surface area (Å²) in [5.41, 5.74) is 6.18. The number of aryl methyl sites for hydroxylation is 1. The van der Waals surface area contributed by atoms with E-state index in [-0.39, 0.29) is 17.3 Å². The summed E-state index contributed by atoms with van der Waals surface area (Å²) in [5, 5.41) is 3.92. The summed E-state index contributed by atoms with van der Waals surface area (Å²) in [6.45, 7) is 1.81. The van der Waals surface area contributed by atoms with Crippen molar-refractivity contribution in [2.45, 2.75) is 18.4 Å². The van der Waals surface area contributed by atoms with Crippen molar-refractivity contribution in [2.24, 2.45) is 7.05 Å². The van der Waals surface area contributed by atoms with E-state index in [0.717, 1.165) is 0 Å². The number of rotatable bonds is 4. The van der Waals surface area contributed by atoms with Gasteiger partial charge in [-0.05, 0) is 19.1 Å². The summed E-state index contributed by atoms with van der Waals surface area (Å²) >= 11 is 0. The highest BCUT2D eigenvalue weighted by Crippen LogP contribution is 2.25. The largest absolute Gasteiger partial charge is 0.468 e. The molecule has 0 aromatic carbocycles. The molecule has 0 unspecified atom stereocenters. The Morgan fingerprint density at radius 2 is 2.21 bits per heavy atom. The minimum Gasteiger partial charge on any atom is -0.468 e. The fourth-order valence-electron chi connectivity index (χ4n) is 1.80. The molecule has 104 valence electrons. The van der Waals surface area contributed by atoms with Crippen LogP contribution in [0.3, 0.4) is 0 Å². The van der Waals surface area contributed by atoms with E-state index in [0.29, 0.717) is 11.5 Å². The lowest BCUT2D eigenvalue weighted by Gasteiger charge is -2.15. The maximum absolute atomic E-state index is 12.5. The van der Waals surface area contributed by atoms with Crippen molar-refractivity contribution in [2.75, 3.05) is 12.8 Å². The Labute approximate surface area is 111 Å². The van der Waals surface area contributed by atoms with E-state index in [2.05, 4.69) is 5.10 Å². The van der Waals surface area contributed by atoms with Gasteiger partial charge in [-0.2, -0.15) is 9.40 Å². The minimum atomic E-state index is -3.69. The number of nitrogens with zero attached hydrogens (tertiary/aromatic N) is 3. The molecular weight excluding hydrogens is 268 g/mol. The van der Waals surface area contributed by atoms with Crippen LogP contribution < -0.4 is 5.73 Å². The summed E-state index contributed by atoms with van der Waals surface area (Å²) in [7, 11) is -0.565. The van der Waals surface area contributed by atoms with Gasteiger partial charge in [-0.1, -0.05) is 0 Å². The Morgan fingerprint density at radius 1 is 1.53 bits per heavy atom. The Morgan fingerprint density at radius 3 is 2.68 bits per heavy atom. The van der Waals surface area contributed by atoms with Crippen LogP contribution in [0.15, 0.2) is 27.7 Å². The smallest absolute Gasteiger partial charge is 0.248 e. The van der Waals surface area contributed by atoms with Crippen molar-refractivity contribution in [3.63, 3.8) is 0 Å². The SMILES string of the molecule is Cc1c(S(=O)(=O)N(C)Cc2ccco2)c(N)nn1C. The lowest BCUT2D eigenvalue weighted by atomic mass is 10.4. The number of nitrogen functional groups attached to an aromatic ring is 1. The van der Waals surface area contributed by atoms with Gasteiger partial charge in [0, 0.05) is 14.1 Å². The van der Waals surface area contributed by atoms with Gasteiger partial charge in [-0.25, -0.2) is 8.42 Å². The van der Waals surface area contributed by atoms with Crippen LogP contribution in [0.25, 0.3) is 0 Å². The second-order valence-corrected chi connectivity index (χ2v) is 6.25. The van der Waals surface area contributed by atoms with Gasteiger partial charge in [0.2, 0.25) is 10.0 Å². The molecule has 0 bridgehead atoms. The third kappa shape index (κ3) is 2.36. The predicted molar refractivity (Wildman–Crippen MR) is 69.7 cm³/mol. The van der Waals surface area contributed by atoms with Gasteiger partial charge < -0.3 is 10.2 Å². The van der Waals surface area contributed by atoms with Crippen LogP contribution in [-0.4, -0.2) is 29.6 Å². The van der Waals surface area contributed by atoms with Crippen molar-refractivity contribution >= 4 is 15.8 Å². The zero-order chi connectivity index (χ0) is 14.2. The third-order valence-electron chi connectivity index (χ3n) is 2.93. The van der Waals surface area contributed by atoms with E-state index >= 15 is 0 Å². The molecule has 2 aromatic rings. The van der Waals surface area contributed by atoms with E-state index in [9.17, 15) is 8.42 Å². The van der Waals surface area contributed by atoms with Crippen molar-refractivity contribution in [3.8, 4) is 0 Å². The molecule has 0 atom stereocenters. The van der Waals surface area contributed by atoms with Crippen LogP contribution in [0, 0.1) is 6.92 Å². The van der Waals surface area contributed by atoms with E-state index in [1.54, 1.807) is 26.1 Å². The Kier molecular flexibility index (Phi) is 3.38. The van der Waals surface area contributed by atoms with Crippen molar-refractivity contribution in [1.82, 2.24) is 14.1 Å². The van der Waals surface area contributed by atoms with E-state index in [1.165, 1.54) is 22.3 Å². The highest BCUT2D eigenvalue weighted by Gasteiger charge is 2.29. The first-order valence-corrected chi connectivity index (χ1v) is 7.06. The molecular formula is C11H16N4O3S. The highest BCUT2D eigenvalue weighted by atomic mass is 32.2. The monoisotopic (exact) mass is 284 g/mol. The zero-order valence-electron chi connectivity index (χ0n) is 11.0. The van der Waals surface area contributed by atoms with Crippen LogP contribution in [-0.2, 0) is 23.6 Å². The molecule has 0 aliphatic rings. The van der Waals surface area contributed by atoms with Crippen molar-refractivity contribution in [1.29, 1.82) is 0 Å². The number of furan rings is 1. The zero-order valence-corrected chi connectivity index (χ0v) is 11.8. The second-order valence-electron chi connectivity index (χ2n) is 4.26. The first-order chi connectivity index (χ1) is 8.84. The van der Waals surface area contributed by atoms with Crippen LogP contribution in [0.5, 0.6) is 0 Å². The lowest BCUT2D eigenvalue weighted by Crippen LogP contribution is -2.27. The molecule has 0 fully saturated rings. The standard InChI is InChI=1S/C11H16N4O3S/c1-8-10(11(12)13-15(8)3)19(16,17)14(2)7-9-5-4-6-18-9/h4-6H,7H2,1-3H3,(H2,12,13). The number of sulfonamides is 1. The normalized spacial score (nSPS) is 12.2. The number of nitrogens with two attached hydrogens (primary N) is 1. The second kappa shape index (κ2) is 4.71. The molecule has 0 aliphatic carbocycles. The first-order valence-electron chi connectivity index (χ1n) is 5.62. The fraction of sp³-hybridized carbons (Fsp3) is 0.364. The first kappa shape index (κ1) is 13.6. The molecule has 2 N–H and O–H groups in total. The average molecular weight is 284 g/mol. The molecule has 0 saturated carbocycles. The van der Waals surface area contributed by atoms with Gasteiger partial charge in [0.05, 0.1) is 18.5 Å². The Hall–Kier alpha value is -1.80. The number of anilines is 1. The maximum Gasteiger partial charge on any atom is 0.248 e. The van der Waals surface area contributed by atoms with Gasteiger partial charge in [0.15, 0.2) is 5.82 Å². The molecule has 8 heteroatoms. The predicted octanol–water partition coefficient (Wildman–Crippen LogP) is 0.724. The van der Waals surface area contributed by atoms with Gasteiger partial charge in [-0.15, -0.1) is 0 Å². The number of hydrogen-bond donors (Lipinski definition) is 1. The van der Waals surface area contributed by atoms with E-state index in [4.69, 9.17) is 10.2 Å². The molecule has 2 aromatic heterocycles. The number of aromatic nitrogens is 2. The molecule has 0 radical (unpaired) electrons. The Balaban J connectivity index is 2.36. The van der Waals surface area contributed by atoms with E-state index < -0.39 is 10.0 Å². The molecule has 7 nitrogen and oxygen atoms in total. The number of hydrogen-bond acceptors (Lipinski definition) is 5. The quantitative estimate of drug-likeness (QED) is 0.893. The summed E-state index contributed by atoms with van der Waals surface area (Å²) in [5.74, 6) is 0.567. The van der Waals surface area contributed by atoms with Crippen molar-refractivity contribution < 1.29 is 12.8 Å². The maximum atomic E-state index is 12.5. The molecule has 19 heavy (non-hydrogen) atoms.